The van der Waals surface area contributed by atoms with Gasteiger partial charge < -0.3 is 20.2 Å². The Morgan fingerprint density at radius 2 is 2.14 bits per heavy atom. The molecule has 0 saturated carbocycles. The molecule has 0 aromatic carbocycles. The molecule has 1 unspecified atom stereocenters. The van der Waals surface area contributed by atoms with Crippen LogP contribution >= 0.6 is 0 Å². The molecule has 1 fully saturated rings. The molecule has 2 atom stereocenters. The summed E-state index contributed by atoms with van der Waals surface area (Å²) >= 11 is 0. The molecule has 1 heterocycles. The average Bonchev–Trinajstić information content (AvgIpc) is 2.63. The Hall–Kier alpha value is -1.14. The second-order valence-electron chi connectivity index (χ2n) is 3.23. The topological polar surface area (TPSA) is 98.1 Å². The molecular formula is C8H13NO5. The largest absolute Gasteiger partial charge is 0.480 e. The molecule has 1 amide bonds. The van der Waals surface area contributed by atoms with Crippen molar-refractivity contribution in [1.82, 2.24) is 4.90 Å². The first-order valence-electron chi connectivity index (χ1n) is 4.40. The number of amides is 1. The molecule has 1 saturated heterocycles. The number of rotatable bonds is 3. The van der Waals surface area contributed by atoms with Gasteiger partial charge in [-0.2, -0.15) is 0 Å². The summed E-state index contributed by atoms with van der Waals surface area (Å²) in [5.74, 6) is -1.78. The van der Waals surface area contributed by atoms with Crippen LogP contribution in [-0.4, -0.2) is 57.4 Å². The van der Waals surface area contributed by atoms with Gasteiger partial charge in [-0.25, -0.2) is 4.79 Å². The highest BCUT2D eigenvalue weighted by Crippen LogP contribution is 2.18. The fraction of sp³-hybridized carbons (Fsp3) is 0.750. The van der Waals surface area contributed by atoms with Crippen molar-refractivity contribution in [1.29, 1.82) is 0 Å². The van der Waals surface area contributed by atoms with Gasteiger partial charge in [-0.3, -0.25) is 4.79 Å². The van der Waals surface area contributed by atoms with Crippen molar-refractivity contribution in [2.75, 3.05) is 13.2 Å². The molecule has 6 nitrogen and oxygen atoms in total. The smallest absolute Gasteiger partial charge is 0.326 e. The Labute approximate surface area is 80.8 Å². The van der Waals surface area contributed by atoms with Crippen LogP contribution in [0.3, 0.4) is 0 Å². The highest BCUT2D eigenvalue weighted by Gasteiger charge is 2.36. The summed E-state index contributed by atoms with van der Waals surface area (Å²) in [4.78, 5) is 23.1. The number of hydrogen-bond acceptors (Lipinski definition) is 4. The van der Waals surface area contributed by atoms with Gasteiger partial charge in [-0.05, 0) is 12.8 Å². The first-order chi connectivity index (χ1) is 6.57. The van der Waals surface area contributed by atoms with Crippen LogP contribution in [0, 0.1) is 0 Å². The fourth-order valence-corrected chi connectivity index (χ4v) is 1.56. The minimum atomic E-state index is -1.50. The van der Waals surface area contributed by atoms with Gasteiger partial charge in [-0.15, -0.1) is 0 Å². The van der Waals surface area contributed by atoms with E-state index >= 15 is 0 Å². The lowest BCUT2D eigenvalue weighted by Gasteiger charge is -2.23. The quantitative estimate of drug-likeness (QED) is 0.514. The van der Waals surface area contributed by atoms with Crippen molar-refractivity contribution in [3.05, 3.63) is 0 Å². The van der Waals surface area contributed by atoms with Crippen LogP contribution in [-0.2, 0) is 9.59 Å². The number of carboxylic acid groups (broad SMARTS) is 1. The normalized spacial score (nSPS) is 23.6. The van der Waals surface area contributed by atoms with E-state index in [4.69, 9.17) is 15.3 Å². The first kappa shape index (κ1) is 10.9. The minimum absolute atomic E-state index is 0.326. The van der Waals surface area contributed by atoms with Gasteiger partial charge in [0.1, 0.15) is 6.04 Å². The molecule has 1 aliphatic rings. The van der Waals surface area contributed by atoms with E-state index in [9.17, 15) is 9.59 Å². The van der Waals surface area contributed by atoms with E-state index in [1.54, 1.807) is 0 Å². The van der Waals surface area contributed by atoms with Crippen molar-refractivity contribution in [3.63, 3.8) is 0 Å². The molecule has 0 spiro atoms. The van der Waals surface area contributed by atoms with Crippen LogP contribution in [0.4, 0.5) is 0 Å². The van der Waals surface area contributed by atoms with Crippen molar-refractivity contribution in [2.45, 2.75) is 25.0 Å². The van der Waals surface area contributed by atoms with Crippen LogP contribution in [0.2, 0.25) is 0 Å². The fourth-order valence-electron chi connectivity index (χ4n) is 1.56. The lowest BCUT2D eigenvalue weighted by Crippen LogP contribution is -2.46. The third-order valence-electron chi connectivity index (χ3n) is 2.28. The van der Waals surface area contributed by atoms with E-state index in [0.29, 0.717) is 19.4 Å². The van der Waals surface area contributed by atoms with Crippen molar-refractivity contribution in [3.8, 4) is 0 Å². The molecule has 0 aromatic heterocycles. The summed E-state index contributed by atoms with van der Waals surface area (Å²) in [7, 11) is 0. The van der Waals surface area contributed by atoms with Crippen LogP contribution in [0.5, 0.6) is 0 Å². The molecule has 0 radical (unpaired) electrons. The number of aliphatic hydroxyl groups is 2. The van der Waals surface area contributed by atoms with Crippen LogP contribution < -0.4 is 0 Å². The Balaban J connectivity index is 2.67. The molecule has 80 valence electrons. The lowest BCUT2D eigenvalue weighted by atomic mass is 10.2. The highest BCUT2D eigenvalue weighted by molar-refractivity contribution is 5.86. The summed E-state index contributed by atoms with van der Waals surface area (Å²) in [6, 6.07) is -0.858. The number of hydrogen-bond donors (Lipinski definition) is 3. The van der Waals surface area contributed by atoms with Crippen LogP contribution in [0.1, 0.15) is 12.8 Å². The van der Waals surface area contributed by atoms with Crippen molar-refractivity contribution < 1.29 is 24.9 Å². The van der Waals surface area contributed by atoms with Crippen LogP contribution in [0.15, 0.2) is 0 Å². The average molecular weight is 203 g/mol. The molecule has 14 heavy (non-hydrogen) atoms. The van der Waals surface area contributed by atoms with E-state index in [-0.39, 0.29) is 0 Å². The molecule has 1 rings (SSSR count). The summed E-state index contributed by atoms with van der Waals surface area (Å²) in [5.41, 5.74) is 0. The van der Waals surface area contributed by atoms with E-state index < -0.39 is 30.6 Å². The molecule has 6 heteroatoms. The van der Waals surface area contributed by atoms with Gasteiger partial charge in [0.15, 0.2) is 6.10 Å². The van der Waals surface area contributed by atoms with Crippen molar-refractivity contribution >= 4 is 11.9 Å². The summed E-state index contributed by atoms with van der Waals surface area (Å²) in [6.45, 7) is -0.353. The van der Waals surface area contributed by atoms with E-state index in [1.807, 2.05) is 0 Å². The number of carbonyl (C=O) groups is 2. The van der Waals surface area contributed by atoms with E-state index in [2.05, 4.69) is 0 Å². The van der Waals surface area contributed by atoms with Gasteiger partial charge >= 0.3 is 5.97 Å². The Kier molecular flexibility index (Phi) is 3.43. The lowest BCUT2D eigenvalue weighted by molar-refractivity contribution is -0.153. The summed E-state index contributed by atoms with van der Waals surface area (Å²) in [6.07, 6.45) is -0.491. The standard InChI is InChI=1S/C8H13NO5/c10-4-6(11)7(12)9-3-1-2-5(9)8(13)14/h5-6,10-11H,1-4H2,(H,13,14)/t5-,6?/m0/s1. The predicted molar refractivity (Wildman–Crippen MR) is 45.5 cm³/mol. The van der Waals surface area contributed by atoms with E-state index in [0.717, 1.165) is 4.90 Å². The van der Waals surface area contributed by atoms with Gasteiger partial charge in [0, 0.05) is 6.54 Å². The molecule has 1 aliphatic heterocycles. The van der Waals surface area contributed by atoms with Gasteiger partial charge in [0.2, 0.25) is 0 Å². The van der Waals surface area contributed by atoms with Gasteiger partial charge in [0.25, 0.3) is 5.91 Å². The molecule has 0 aliphatic carbocycles. The highest BCUT2D eigenvalue weighted by atomic mass is 16.4. The van der Waals surface area contributed by atoms with Gasteiger partial charge in [-0.1, -0.05) is 0 Å². The minimum Gasteiger partial charge on any atom is -0.480 e. The van der Waals surface area contributed by atoms with Crippen molar-refractivity contribution in [2.24, 2.45) is 0 Å². The first-order valence-corrected chi connectivity index (χ1v) is 4.40. The zero-order chi connectivity index (χ0) is 10.7. The number of carboxylic acids is 1. The maximum absolute atomic E-state index is 11.3. The molecule has 0 aromatic rings. The number of nitrogens with zero attached hydrogens (tertiary/aromatic N) is 1. The molecule has 0 bridgehead atoms. The summed E-state index contributed by atoms with van der Waals surface area (Å²) in [5, 5.41) is 26.3. The number of aliphatic carboxylic acids is 1. The third kappa shape index (κ3) is 2.02. The second-order valence-corrected chi connectivity index (χ2v) is 3.23. The number of carbonyl (C=O) groups excluding carboxylic acids is 1. The zero-order valence-corrected chi connectivity index (χ0v) is 7.59. The Morgan fingerprint density at radius 1 is 1.50 bits per heavy atom. The number of aliphatic hydroxyl groups excluding tert-OH is 2. The van der Waals surface area contributed by atoms with Crippen LogP contribution in [0.25, 0.3) is 0 Å². The SMILES string of the molecule is O=C(O)[C@@H]1CCCN1C(=O)C(O)CO. The maximum Gasteiger partial charge on any atom is 0.326 e. The summed E-state index contributed by atoms with van der Waals surface area (Å²) < 4.78 is 0. The van der Waals surface area contributed by atoms with Gasteiger partial charge in [0.05, 0.1) is 6.61 Å². The third-order valence-corrected chi connectivity index (χ3v) is 2.28. The number of likely N-dealkylation sites (tertiary alicyclic amines) is 1. The monoisotopic (exact) mass is 203 g/mol. The Bertz CT molecular complexity index is 242. The zero-order valence-electron chi connectivity index (χ0n) is 7.59. The molecular weight excluding hydrogens is 190 g/mol. The van der Waals surface area contributed by atoms with E-state index in [1.165, 1.54) is 0 Å². The maximum atomic E-state index is 11.3. The predicted octanol–water partition coefficient (Wildman–Crippen LogP) is -1.58. The molecule has 3 N–H and O–H groups in total. The Morgan fingerprint density at radius 3 is 2.64 bits per heavy atom. The second kappa shape index (κ2) is 4.39.